The van der Waals surface area contributed by atoms with Crippen molar-refractivity contribution in [1.29, 1.82) is 0 Å². The van der Waals surface area contributed by atoms with Crippen LogP contribution in [0, 0.1) is 13.8 Å². The van der Waals surface area contributed by atoms with Crippen LogP contribution in [-0.4, -0.2) is 49.7 Å². The smallest absolute Gasteiger partial charge is 0.168 e. The molecular formula is C14H20N6. The number of hydrogen-bond acceptors (Lipinski definition) is 4. The summed E-state index contributed by atoms with van der Waals surface area (Å²) in [7, 11) is 4.20. The van der Waals surface area contributed by atoms with Gasteiger partial charge in [-0.25, -0.2) is 14.5 Å². The van der Waals surface area contributed by atoms with Gasteiger partial charge in [-0.3, -0.25) is 0 Å². The monoisotopic (exact) mass is 272 g/mol. The fourth-order valence-corrected chi connectivity index (χ4v) is 2.69. The van der Waals surface area contributed by atoms with Crippen LogP contribution >= 0.6 is 0 Å². The lowest BCUT2D eigenvalue weighted by atomic mass is 10.2. The van der Waals surface area contributed by atoms with E-state index in [1.54, 1.807) is 17.2 Å². The molecule has 3 rings (SSSR count). The number of nitrogens with zero attached hydrogens (tertiary/aromatic N) is 6. The predicted octanol–water partition coefficient (Wildman–Crippen LogP) is 1.65. The van der Waals surface area contributed by atoms with E-state index < -0.39 is 0 Å². The third kappa shape index (κ3) is 1.96. The van der Waals surface area contributed by atoms with Crippen molar-refractivity contribution in [3.05, 3.63) is 23.9 Å². The van der Waals surface area contributed by atoms with E-state index in [0.29, 0.717) is 0 Å². The molecule has 0 aliphatic rings. The zero-order chi connectivity index (χ0) is 14.3. The van der Waals surface area contributed by atoms with Crippen LogP contribution in [-0.2, 0) is 6.54 Å². The zero-order valence-corrected chi connectivity index (χ0v) is 12.5. The van der Waals surface area contributed by atoms with Gasteiger partial charge < -0.3 is 9.47 Å². The molecule has 0 radical (unpaired) electrons. The molecule has 0 fully saturated rings. The van der Waals surface area contributed by atoms with Crippen LogP contribution in [0.15, 0.2) is 12.7 Å². The van der Waals surface area contributed by atoms with Crippen molar-refractivity contribution in [1.82, 2.24) is 29.0 Å². The fourth-order valence-electron chi connectivity index (χ4n) is 2.69. The van der Waals surface area contributed by atoms with Crippen molar-refractivity contribution in [3.8, 4) is 0 Å². The first-order valence-electron chi connectivity index (χ1n) is 6.88. The molecule has 0 N–H and O–H groups in total. The summed E-state index contributed by atoms with van der Waals surface area (Å²) in [4.78, 5) is 11.1. The van der Waals surface area contributed by atoms with Gasteiger partial charge in [0.05, 0.1) is 5.39 Å². The van der Waals surface area contributed by atoms with Crippen LogP contribution in [0.3, 0.4) is 0 Å². The van der Waals surface area contributed by atoms with Gasteiger partial charge in [0, 0.05) is 12.2 Å². The summed E-state index contributed by atoms with van der Waals surface area (Å²) in [6.07, 6.45) is 4.43. The van der Waals surface area contributed by atoms with Gasteiger partial charge in [-0.05, 0) is 46.5 Å². The molecule has 0 aliphatic carbocycles. The molecule has 0 atom stereocenters. The third-order valence-electron chi connectivity index (χ3n) is 3.87. The van der Waals surface area contributed by atoms with Gasteiger partial charge in [0.1, 0.15) is 18.3 Å². The quantitative estimate of drug-likeness (QED) is 0.724. The van der Waals surface area contributed by atoms with E-state index in [1.165, 1.54) is 11.3 Å². The van der Waals surface area contributed by atoms with Gasteiger partial charge >= 0.3 is 0 Å². The highest BCUT2D eigenvalue weighted by Gasteiger charge is 2.16. The summed E-state index contributed by atoms with van der Waals surface area (Å²) in [6, 6.07) is 0. The molecule has 0 aromatic carbocycles. The minimum absolute atomic E-state index is 0.891. The number of rotatable bonds is 4. The van der Waals surface area contributed by atoms with Crippen LogP contribution in [0.2, 0.25) is 0 Å². The first-order valence-corrected chi connectivity index (χ1v) is 6.88. The van der Waals surface area contributed by atoms with Crippen molar-refractivity contribution in [3.63, 3.8) is 0 Å². The summed E-state index contributed by atoms with van der Waals surface area (Å²) in [5.74, 6) is 0. The summed E-state index contributed by atoms with van der Waals surface area (Å²) in [5.41, 5.74) is 4.42. The molecule has 0 spiro atoms. The molecule has 0 bridgehead atoms. The fraction of sp³-hybridized carbons (Fsp3) is 0.500. The highest BCUT2D eigenvalue weighted by Crippen LogP contribution is 2.26. The van der Waals surface area contributed by atoms with Gasteiger partial charge in [-0.15, -0.1) is 0 Å². The van der Waals surface area contributed by atoms with Crippen LogP contribution in [0.1, 0.15) is 17.7 Å². The van der Waals surface area contributed by atoms with E-state index >= 15 is 0 Å². The Kier molecular flexibility index (Phi) is 3.17. The van der Waals surface area contributed by atoms with Gasteiger partial charge in [0.15, 0.2) is 5.65 Å². The molecule has 20 heavy (non-hydrogen) atoms. The van der Waals surface area contributed by atoms with Crippen LogP contribution < -0.4 is 0 Å². The Morgan fingerprint density at radius 2 is 1.95 bits per heavy atom. The predicted molar refractivity (Wildman–Crippen MR) is 78.9 cm³/mol. The lowest BCUT2D eigenvalue weighted by Gasteiger charge is -2.11. The summed E-state index contributed by atoms with van der Waals surface area (Å²) in [6.45, 7) is 6.34. The lowest BCUT2D eigenvalue weighted by Crippen LogP contribution is -2.15. The molecule has 0 aliphatic heterocycles. The second-order valence-electron chi connectivity index (χ2n) is 5.49. The van der Waals surface area contributed by atoms with Crippen molar-refractivity contribution in [2.45, 2.75) is 26.8 Å². The second kappa shape index (κ2) is 4.86. The first kappa shape index (κ1) is 13.1. The van der Waals surface area contributed by atoms with Crippen molar-refractivity contribution >= 4 is 16.7 Å². The third-order valence-corrected chi connectivity index (χ3v) is 3.87. The highest BCUT2D eigenvalue weighted by molar-refractivity contribution is 5.93. The Labute approximate surface area is 118 Å². The Hall–Kier alpha value is -1.95. The topological polar surface area (TPSA) is 51.2 Å². The molecule has 6 heteroatoms. The molecule has 3 aromatic heterocycles. The Morgan fingerprint density at radius 3 is 2.70 bits per heavy atom. The average molecular weight is 272 g/mol. The maximum Gasteiger partial charge on any atom is 0.168 e. The SMILES string of the molecule is Cc1c(C)n(CCCN(C)C)c2ncn3ncnc3c12. The van der Waals surface area contributed by atoms with E-state index in [1.807, 2.05) is 0 Å². The highest BCUT2D eigenvalue weighted by atomic mass is 15.3. The normalized spacial score (nSPS) is 12.1. The standard InChI is InChI=1S/C14H20N6/c1-10-11(2)19(7-5-6-18(3)4)13-12(10)14-15-8-17-20(14)9-16-13/h8-9H,5-7H2,1-4H3. The number of fused-ring (bicyclic) bond motifs is 3. The Morgan fingerprint density at radius 1 is 1.15 bits per heavy atom. The van der Waals surface area contributed by atoms with Gasteiger partial charge in [0.25, 0.3) is 0 Å². The molecule has 0 saturated carbocycles. The van der Waals surface area contributed by atoms with E-state index in [9.17, 15) is 0 Å². The molecule has 6 nitrogen and oxygen atoms in total. The number of aryl methyl sites for hydroxylation is 2. The largest absolute Gasteiger partial charge is 0.329 e. The van der Waals surface area contributed by atoms with Crippen molar-refractivity contribution in [2.75, 3.05) is 20.6 Å². The van der Waals surface area contributed by atoms with Gasteiger partial charge in [-0.1, -0.05) is 0 Å². The molecule has 3 aromatic rings. The Bertz CT molecular complexity index is 752. The molecule has 0 unspecified atom stereocenters. The molecule has 0 amide bonds. The van der Waals surface area contributed by atoms with Crippen LogP contribution in [0.25, 0.3) is 16.7 Å². The molecule has 0 saturated heterocycles. The minimum Gasteiger partial charge on any atom is -0.329 e. The number of aromatic nitrogens is 5. The van der Waals surface area contributed by atoms with Gasteiger partial charge in [0.2, 0.25) is 0 Å². The molecule has 106 valence electrons. The maximum absolute atomic E-state index is 4.57. The zero-order valence-electron chi connectivity index (χ0n) is 12.5. The van der Waals surface area contributed by atoms with Gasteiger partial charge in [-0.2, -0.15) is 5.10 Å². The van der Waals surface area contributed by atoms with E-state index in [2.05, 4.69) is 52.5 Å². The van der Waals surface area contributed by atoms with Crippen LogP contribution in [0.5, 0.6) is 0 Å². The summed E-state index contributed by atoms with van der Waals surface area (Å²) in [5, 5.41) is 5.28. The average Bonchev–Trinajstić information content (AvgIpc) is 2.96. The van der Waals surface area contributed by atoms with E-state index in [4.69, 9.17) is 0 Å². The van der Waals surface area contributed by atoms with Crippen molar-refractivity contribution < 1.29 is 0 Å². The minimum atomic E-state index is 0.891. The Balaban J connectivity index is 2.10. The lowest BCUT2D eigenvalue weighted by molar-refractivity contribution is 0.387. The first-order chi connectivity index (χ1) is 9.59. The molecule has 3 heterocycles. The van der Waals surface area contributed by atoms with E-state index in [-0.39, 0.29) is 0 Å². The summed E-state index contributed by atoms with van der Waals surface area (Å²) >= 11 is 0. The van der Waals surface area contributed by atoms with Crippen LogP contribution in [0.4, 0.5) is 0 Å². The summed E-state index contributed by atoms with van der Waals surface area (Å²) < 4.78 is 4.03. The maximum atomic E-state index is 4.57. The van der Waals surface area contributed by atoms with Crippen molar-refractivity contribution in [2.24, 2.45) is 0 Å². The second-order valence-corrected chi connectivity index (χ2v) is 5.49. The van der Waals surface area contributed by atoms with E-state index in [0.717, 1.165) is 36.2 Å². The number of hydrogen-bond donors (Lipinski definition) is 0. The molecular weight excluding hydrogens is 252 g/mol.